The van der Waals surface area contributed by atoms with Crippen molar-refractivity contribution in [2.45, 2.75) is 25.9 Å². The number of aliphatic hydroxyl groups excluding tert-OH is 1. The highest BCUT2D eigenvalue weighted by Gasteiger charge is 2.28. The summed E-state index contributed by atoms with van der Waals surface area (Å²) in [6.07, 6.45) is -0.544. The summed E-state index contributed by atoms with van der Waals surface area (Å²) in [7, 11) is 3.16. The van der Waals surface area contributed by atoms with E-state index in [9.17, 15) is 10.2 Å². The van der Waals surface area contributed by atoms with Crippen LogP contribution in [0.5, 0.6) is 11.5 Å². The molecule has 0 bridgehead atoms. The number of benzene rings is 2. The van der Waals surface area contributed by atoms with E-state index in [1.54, 1.807) is 20.3 Å². The summed E-state index contributed by atoms with van der Waals surface area (Å²) < 4.78 is 16.1. The monoisotopic (exact) mass is 346 g/mol. The molecule has 0 spiro atoms. The predicted octanol–water partition coefficient (Wildman–Crippen LogP) is 3.46. The fourth-order valence-electron chi connectivity index (χ4n) is 3.01. The molecule has 0 amide bonds. The Morgan fingerprint density at radius 2 is 1.72 bits per heavy atom. The van der Waals surface area contributed by atoms with Gasteiger partial charge in [-0.15, -0.1) is 0 Å². The number of methoxy groups -OCH3 is 2. The molecule has 0 unspecified atom stereocenters. The smallest absolute Gasteiger partial charge is 0.147 e. The first-order valence-corrected chi connectivity index (χ1v) is 8.17. The Labute approximate surface area is 148 Å². The van der Waals surface area contributed by atoms with E-state index in [0.717, 1.165) is 22.4 Å². The lowest BCUT2D eigenvalue weighted by molar-refractivity contribution is -0.0878. The van der Waals surface area contributed by atoms with Gasteiger partial charge in [0, 0.05) is 18.6 Å². The molecule has 2 N–H and O–H groups in total. The minimum atomic E-state index is -0.544. The van der Waals surface area contributed by atoms with Crippen LogP contribution in [-0.4, -0.2) is 37.8 Å². The maximum absolute atomic E-state index is 10.4. The summed E-state index contributed by atoms with van der Waals surface area (Å²) in [4.78, 5) is 0. The fourth-order valence-corrected chi connectivity index (χ4v) is 3.01. The van der Waals surface area contributed by atoms with Crippen LogP contribution >= 0.6 is 0 Å². The van der Waals surface area contributed by atoms with E-state index in [1.165, 1.54) is 0 Å². The summed E-state index contributed by atoms with van der Waals surface area (Å²) in [5.41, 5.74) is 3.49. The van der Waals surface area contributed by atoms with Gasteiger partial charge in [-0.3, -0.25) is 0 Å². The zero-order valence-electron chi connectivity index (χ0n) is 15.2. The third-order valence-electron chi connectivity index (χ3n) is 4.30. The van der Waals surface area contributed by atoms with E-state index in [-0.39, 0.29) is 25.1 Å². The van der Waals surface area contributed by atoms with E-state index >= 15 is 0 Å². The summed E-state index contributed by atoms with van der Waals surface area (Å²) in [6.45, 7) is 3.80. The van der Waals surface area contributed by atoms with Crippen LogP contribution in [0.25, 0.3) is 0 Å². The van der Waals surface area contributed by atoms with Crippen molar-refractivity contribution in [2.24, 2.45) is 0 Å². The second-order valence-corrected chi connectivity index (χ2v) is 6.07. The molecule has 25 heavy (non-hydrogen) atoms. The van der Waals surface area contributed by atoms with E-state index in [1.807, 2.05) is 44.2 Å². The van der Waals surface area contributed by atoms with Gasteiger partial charge >= 0.3 is 0 Å². The molecule has 0 saturated heterocycles. The first-order valence-electron chi connectivity index (χ1n) is 8.17. The molecule has 0 aliphatic rings. The molecule has 2 aromatic rings. The highest BCUT2D eigenvalue weighted by Crippen LogP contribution is 2.40. The SMILES string of the molecule is COCO[C@@H](c1ccc(C)cc1O)[C@H](CO)c1ccc(OC)cc1C. The van der Waals surface area contributed by atoms with Gasteiger partial charge in [-0.2, -0.15) is 0 Å². The summed E-state index contributed by atoms with van der Waals surface area (Å²) in [6, 6.07) is 11.1. The molecular formula is C20H26O5. The molecule has 0 aliphatic heterocycles. The van der Waals surface area contributed by atoms with E-state index < -0.39 is 6.10 Å². The van der Waals surface area contributed by atoms with Crippen molar-refractivity contribution in [1.29, 1.82) is 0 Å². The molecule has 5 heteroatoms. The molecule has 0 saturated carbocycles. The van der Waals surface area contributed by atoms with Gasteiger partial charge in [0.2, 0.25) is 0 Å². The third-order valence-corrected chi connectivity index (χ3v) is 4.30. The number of hydrogen-bond donors (Lipinski definition) is 2. The first kappa shape index (κ1) is 19.2. The molecule has 0 fully saturated rings. The molecule has 2 rings (SSSR count). The van der Waals surface area contributed by atoms with Crippen molar-refractivity contribution < 1.29 is 24.4 Å². The molecule has 0 radical (unpaired) electrons. The third kappa shape index (κ3) is 4.51. The van der Waals surface area contributed by atoms with Crippen LogP contribution in [0.2, 0.25) is 0 Å². The van der Waals surface area contributed by atoms with Crippen LogP contribution in [0.1, 0.15) is 34.3 Å². The Morgan fingerprint density at radius 1 is 1.00 bits per heavy atom. The average molecular weight is 346 g/mol. The molecular weight excluding hydrogens is 320 g/mol. The minimum absolute atomic E-state index is 0.0592. The van der Waals surface area contributed by atoms with E-state index in [2.05, 4.69) is 0 Å². The number of hydrogen-bond acceptors (Lipinski definition) is 5. The Hall–Kier alpha value is -2.08. The van der Waals surface area contributed by atoms with Gasteiger partial charge < -0.3 is 24.4 Å². The normalized spacial score (nSPS) is 13.5. The lowest BCUT2D eigenvalue weighted by Gasteiger charge is -2.28. The number of phenols is 1. The summed E-state index contributed by atoms with van der Waals surface area (Å²) in [5.74, 6) is 0.547. The van der Waals surface area contributed by atoms with Gasteiger partial charge in [0.1, 0.15) is 18.3 Å². The first-order chi connectivity index (χ1) is 12.0. The molecule has 0 aliphatic carbocycles. The summed E-state index contributed by atoms with van der Waals surface area (Å²) in [5, 5.41) is 20.5. The fraction of sp³-hybridized carbons (Fsp3) is 0.400. The van der Waals surface area contributed by atoms with Gasteiger partial charge in [-0.1, -0.05) is 18.2 Å². The number of ether oxygens (including phenoxy) is 3. The number of aryl methyl sites for hydroxylation is 2. The van der Waals surface area contributed by atoms with Crippen LogP contribution in [0.15, 0.2) is 36.4 Å². The molecule has 2 aromatic carbocycles. The standard InChI is InChI=1S/C20H26O5/c1-13-5-7-17(19(22)9-13)20(25-12-23-3)18(11-21)16-8-6-15(24-4)10-14(16)2/h5-10,18,20-22H,11-12H2,1-4H3/t18-,20+/m1/s1. The largest absolute Gasteiger partial charge is 0.508 e. The number of aliphatic hydroxyl groups is 1. The van der Waals surface area contributed by atoms with Crippen molar-refractivity contribution in [3.8, 4) is 11.5 Å². The van der Waals surface area contributed by atoms with Crippen molar-refractivity contribution in [3.05, 3.63) is 58.7 Å². The van der Waals surface area contributed by atoms with Gasteiger partial charge in [-0.05, 0) is 48.7 Å². The van der Waals surface area contributed by atoms with Crippen LogP contribution in [0.4, 0.5) is 0 Å². The number of rotatable bonds is 8. The van der Waals surface area contributed by atoms with Gasteiger partial charge in [0.05, 0.1) is 19.8 Å². The lowest BCUT2D eigenvalue weighted by atomic mass is 9.86. The topological polar surface area (TPSA) is 68.2 Å². The Kier molecular flexibility index (Phi) is 6.82. The maximum Gasteiger partial charge on any atom is 0.147 e. The maximum atomic E-state index is 10.4. The lowest BCUT2D eigenvalue weighted by Crippen LogP contribution is -2.20. The molecule has 0 aromatic heterocycles. The van der Waals surface area contributed by atoms with Crippen LogP contribution < -0.4 is 4.74 Å². The molecule has 5 nitrogen and oxygen atoms in total. The van der Waals surface area contributed by atoms with Crippen LogP contribution in [-0.2, 0) is 9.47 Å². The Morgan fingerprint density at radius 3 is 2.28 bits per heavy atom. The highest BCUT2D eigenvalue weighted by atomic mass is 16.7. The zero-order valence-corrected chi connectivity index (χ0v) is 15.2. The predicted molar refractivity (Wildman–Crippen MR) is 96.1 cm³/mol. The summed E-state index contributed by atoms with van der Waals surface area (Å²) >= 11 is 0. The molecule has 2 atom stereocenters. The van der Waals surface area contributed by atoms with E-state index in [0.29, 0.717) is 5.56 Å². The average Bonchev–Trinajstić information content (AvgIpc) is 2.60. The van der Waals surface area contributed by atoms with Crippen molar-refractivity contribution >= 4 is 0 Å². The second kappa shape index (κ2) is 8.85. The van der Waals surface area contributed by atoms with Crippen molar-refractivity contribution in [3.63, 3.8) is 0 Å². The van der Waals surface area contributed by atoms with Crippen LogP contribution in [0.3, 0.4) is 0 Å². The zero-order chi connectivity index (χ0) is 18.4. The molecule has 136 valence electrons. The Bertz CT molecular complexity index is 698. The molecule has 0 heterocycles. The Balaban J connectivity index is 2.46. The quantitative estimate of drug-likeness (QED) is 0.717. The van der Waals surface area contributed by atoms with Crippen molar-refractivity contribution in [1.82, 2.24) is 0 Å². The van der Waals surface area contributed by atoms with Crippen LogP contribution in [0, 0.1) is 13.8 Å². The second-order valence-electron chi connectivity index (χ2n) is 6.07. The number of aromatic hydroxyl groups is 1. The van der Waals surface area contributed by atoms with Gasteiger partial charge in [0.15, 0.2) is 0 Å². The van der Waals surface area contributed by atoms with E-state index in [4.69, 9.17) is 14.2 Å². The number of phenolic OH excluding ortho intramolecular Hbond substituents is 1. The van der Waals surface area contributed by atoms with Gasteiger partial charge in [-0.25, -0.2) is 0 Å². The van der Waals surface area contributed by atoms with Gasteiger partial charge in [0.25, 0.3) is 0 Å². The highest BCUT2D eigenvalue weighted by molar-refractivity contribution is 5.42. The van der Waals surface area contributed by atoms with Crippen molar-refractivity contribution in [2.75, 3.05) is 27.6 Å². The minimum Gasteiger partial charge on any atom is -0.508 e.